The van der Waals surface area contributed by atoms with Crippen molar-refractivity contribution in [2.24, 2.45) is 5.92 Å². The fourth-order valence-corrected chi connectivity index (χ4v) is 2.10. The van der Waals surface area contributed by atoms with Crippen LogP contribution in [0, 0.1) is 5.92 Å². The van der Waals surface area contributed by atoms with Crippen LogP contribution in [-0.4, -0.2) is 18.6 Å². The molecule has 3 N–H and O–H groups in total. The predicted octanol–water partition coefficient (Wildman–Crippen LogP) is 1.81. The van der Waals surface area contributed by atoms with Crippen LogP contribution in [0.1, 0.15) is 30.6 Å². The molecule has 1 aromatic carbocycles. The summed E-state index contributed by atoms with van der Waals surface area (Å²) >= 11 is 0. The minimum Gasteiger partial charge on any atom is -0.491 e. The van der Waals surface area contributed by atoms with E-state index >= 15 is 0 Å². The van der Waals surface area contributed by atoms with E-state index in [9.17, 15) is 4.79 Å². The smallest absolute Gasteiger partial charge is 0.257 e. The molecule has 0 spiro atoms. The zero-order valence-electron chi connectivity index (χ0n) is 10.2. The number of nitrogens with two attached hydrogens (primary N) is 1. The highest BCUT2D eigenvalue weighted by Gasteiger charge is 2.24. The summed E-state index contributed by atoms with van der Waals surface area (Å²) in [7, 11) is 0. The van der Waals surface area contributed by atoms with Crippen LogP contribution in [-0.2, 0) is 0 Å². The average Bonchev–Trinajstić information content (AvgIpc) is 2.38. The molecule has 1 atom stereocenters. The van der Waals surface area contributed by atoms with E-state index in [2.05, 4.69) is 19.2 Å². The molecule has 0 radical (unpaired) electrons. The topological polar surface area (TPSA) is 64.3 Å². The molecular weight excluding hydrogens is 216 g/mol. The van der Waals surface area contributed by atoms with Crippen molar-refractivity contribution < 1.29 is 9.53 Å². The number of nitrogens with one attached hydrogen (secondary N) is 1. The van der Waals surface area contributed by atoms with Gasteiger partial charge in [0.15, 0.2) is 0 Å². The highest BCUT2D eigenvalue weighted by atomic mass is 16.5. The Hall–Kier alpha value is -1.71. The molecular formula is C13H18N2O2. The third-order valence-electron chi connectivity index (χ3n) is 2.82. The summed E-state index contributed by atoms with van der Waals surface area (Å²) in [5, 5.41) is 2.96. The van der Waals surface area contributed by atoms with Gasteiger partial charge in [0.05, 0.1) is 6.04 Å². The van der Waals surface area contributed by atoms with E-state index < -0.39 is 0 Å². The summed E-state index contributed by atoms with van der Waals surface area (Å²) in [6.45, 7) is 4.75. The molecule has 0 fully saturated rings. The number of nitrogen functional groups attached to an aromatic ring is 1. The standard InChI is InChI=1S/C13H18N2O2/c1-8(2)6-9-7-17-11-5-3-4-10(14)12(11)13(16)15-9/h3-5,8-9H,6-7,14H2,1-2H3,(H,15,16)/t9-/m1/s1. The molecule has 4 nitrogen and oxygen atoms in total. The van der Waals surface area contributed by atoms with Gasteiger partial charge in [-0.1, -0.05) is 19.9 Å². The van der Waals surface area contributed by atoms with E-state index in [4.69, 9.17) is 10.5 Å². The fourth-order valence-electron chi connectivity index (χ4n) is 2.10. The molecule has 1 amide bonds. The van der Waals surface area contributed by atoms with Crippen molar-refractivity contribution in [2.45, 2.75) is 26.3 Å². The fraction of sp³-hybridized carbons (Fsp3) is 0.462. The van der Waals surface area contributed by atoms with Crippen molar-refractivity contribution >= 4 is 11.6 Å². The highest BCUT2D eigenvalue weighted by Crippen LogP contribution is 2.27. The molecule has 0 aromatic heterocycles. The quantitative estimate of drug-likeness (QED) is 0.767. The number of carbonyl (C=O) groups excluding carboxylic acids is 1. The van der Waals surface area contributed by atoms with Gasteiger partial charge < -0.3 is 15.8 Å². The first kappa shape index (κ1) is 11.8. The Morgan fingerprint density at radius 2 is 2.29 bits per heavy atom. The Balaban J connectivity index is 2.24. The maximum Gasteiger partial charge on any atom is 0.257 e. The van der Waals surface area contributed by atoms with Crippen LogP contribution in [0.15, 0.2) is 18.2 Å². The van der Waals surface area contributed by atoms with E-state index in [1.54, 1.807) is 18.2 Å². The van der Waals surface area contributed by atoms with Crippen LogP contribution >= 0.6 is 0 Å². The lowest BCUT2D eigenvalue weighted by atomic mass is 10.0. The molecule has 0 aliphatic carbocycles. The van der Waals surface area contributed by atoms with E-state index in [1.165, 1.54) is 0 Å². The summed E-state index contributed by atoms with van der Waals surface area (Å²) in [5.41, 5.74) is 6.73. The lowest BCUT2D eigenvalue weighted by Crippen LogP contribution is -2.37. The Kier molecular flexibility index (Phi) is 3.22. The number of amides is 1. The molecule has 0 bridgehead atoms. The predicted molar refractivity (Wildman–Crippen MR) is 67.1 cm³/mol. The van der Waals surface area contributed by atoms with Gasteiger partial charge in [0.1, 0.15) is 17.9 Å². The SMILES string of the molecule is CC(C)C[C@@H]1COc2cccc(N)c2C(=O)N1. The minimum absolute atomic E-state index is 0.0503. The number of ether oxygens (including phenoxy) is 1. The van der Waals surface area contributed by atoms with Gasteiger partial charge in [0.25, 0.3) is 5.91 Å². The van der Waals surface area contributed by atoms with Crippen LogP contribution in [0.3, 0.4) is 0 Å². The lowest BCUT2D eigenvalue weighted by molar-refractivity contribution is 0.0934. The zero-order chi connectivity index (χ0) is 12.4. The van der Waals surface area contributed by atoms with Gasteiger partial charge in [0.2, 0.25) is 0 Å². The maximum atomic E-state index is 12.0. The van der Waals surface area contributed by atoms with E-state index in [1.807, 2.05) is 0 Å². The Bertz CT molecular complexity index is 429. The summed E-state index contributed by atoms with van der Waals surface area (Å²) in [6, 6.07) is 5.34. The maximum absolute atomic E-state index is 12.0. The van der Waals surface area contributed by atoms with Crippen molar-refractivity contribution in [1.29, 1.82) is 0 Å². The molecule has 4 heteroatoms. The molecule has 0 unspecified atom stereocenters. The van der Waals surface area contributed by atoms with Crippen molar-refractivity contribution in [2.75, 3.05) is 12.3 Å². The van der Waals surface area contributed by atoms with Gasteiger partial charge in [-0.2, -0.15) is 0 Å². The third kappa shape index (κ3) is 2.52. The average molecular weight is 234 g/mol. The van der Waals surface area contributed by atoms with E-state index in [-0.39, 0.29) is 11.9 Å². The first-order valence-electron chi connectivity index (χ1n) is 5.90. The summed E-state index contributed by atoms with van der Waals surface area (Å²) in [6.07, 6.45) is 0.902. The number of anilines is 1. The van der Waals surface area contributed by atoms with Gasteiger partial charge in [-0.05, 0) is 24.5 Å². The van der Waals surface area contributed by atoms with Crippen LogP contribution in [0.25, 0.3) is 0 Å². The van der Waals surface area contributed by atoms with Crippen molar-refractivity contribution in [3.63, 3.8) is 0 Å². The summed E-state index contributed by atoms with van der Waals surface area (Å²) in [5.74, 6) is 0.956. The largest absolute Gasteiger partial charge is 0.491 e. The summed E-state index contributed by atoms with van der Waals surface area (Å²) < 4.78 is 5.65. The second kappa shape index (κ2) is 4.65. The first-order chi connectivity index (χ1) is 8.08. The van der Waals surface area contributed by atoms with Gasteiger partial charge in [-0.3, -0.25) is 4.79 Å². The van der Waals surface area contributed by atoms with Gasteiger partial charge in [-0.25, -0.2) is 0 Å². The molecule has 92 valence electrons. The molecule has 1 aliphatic heterocycles. The number of hydrogen-bond acceptors (Lipinski definition) is 3. The van der Waals surface area contributed by atoms with E-state index in [0.29, 0.717) is 29.5 Å². The number of rotatable bonds is 2. The van der Waals surface area contributed by atoms with Gasteiger partial charge in [0, 0.05) is 5.69 Å². The van der Waals surface area contributed by atoms with Crippen molar-refractivity contribution in [1.82, 2.24) is 5.32 Å². The third-order valence-corrected chi connectivity index (χ3v) is 2.82. The minimum atomic E-state index is -0.138. The van der Waals surface area contributed by atoms with Crippen LogP contribution in [0.4, 0.5) is 5.69 Å². The Morgan fingerprint density at radius 3 is 3.00 bits per heavy atom. The number of fused-ring (bicyclic) bond motifs is 1. The number of hydrogen-bond donors (Lipinski definition) is 2. The van der Waals surface area contributed by atoms with Crippen LogP contribution < -0.4 is 15.8 Å². The second-order valence-electron chi connectivity index (χ2n) is 4.83. The number of benzene rings is 1. The Morgan fingerprint density at radius 1 is 1.53 bits per heavy atom. The normalized spacial score (nSPS) is 19.2. The molecule has 0 saturated heterocycles. The molecule has 0 saturated carbocycles. The van der Waals surface area contributed by atoms with Crippen molar-refractivity contribution in [3.8, 4) is 5.75 Å². The lowest BCUT2D eigenvalue weighted by Gasteiger charge is -2.17. The molecule has 1 heterocycles. The first-order valence-corrected chi connectivity index (χ1v) is 5.90. The van der Waals surface area contributed by atoms with Crippen LogP contribution in [0.5, 0.6) is 5.75 Å². The van der Waals surface area contributed by atoms with Crippen LogP contribution in [0.2, 0.25) is 0 Å². The molecule has 1 aliphatic rings. The molecule has 17 heavy (non-hydrogen) atoms. The number of carbonyl (C=O) groups is 1. The monoisotopic (exact) mass is 234 g/mol. The van der Waals surface area contributed by atoms with Crippen molar-refractivity contribution in [3.05, 3.63) is 23.8 Å². The second-order valence-corrected chi connectivity index (χ2v) is 4.83. The molecule has 2 rings (SSSR count). The van der Waals surface area contributed by atoms with E-state index in [0.717, 1.165) is 6.42 Å². The Labute approximate surface area is 101 Å². The molecule has 1 aromatic rings. The highest BCUT2D eigenvalue weighted by molar-refractivity contribution is 6.02. The summed E-state index contributed by atoms with van der Waals surface area (Å²) in [4.78, 5) is 12.0. The van der Waals surface area contributed by atoms with Gasteiger partial charge >= 0.3 is 0 Å². The van der Waals surface area contributed by atoms with Gasteiger partial charge in [-0.15, -0.1) is 0 Å². The zero-order valence-corrected chi connectivity index (χ0v) is 10.2.